The first-order valence-electron chi connectivity index (χ1n) is 13.4. The van der Waals surface area contributed by atoms with Gasteiger partial charge < -0.3 is 14.9 Å². The highest BCUT2D eigenvalue weighted by Gasteiger charge is 2.44. The Bertz CT molecular complexity index is 1280. The van der Waals surface area contributed by atoms with Gasteiger partial charge in [0.15, 0.2) is 0 Å². The first kappa shape index (κ1) is 25.0. The smallest absolute Gasteiger partial charge is 0.254 e. The van der Waals surface area contributed by atoms with E-state index in [0.29, 0.717) is 24.1 Å². The van der Waals surface area contributed by atoms with E-state index in [9.17, 15) is 4.79 Å². The van der Waals surface area contributed by atoms with Crippen molar-refractivity contribution in [2.24, 2.45) is 5.41 Å². The van der Waals surface area contributed by atoms with Crippen LogP contribution >= 0.6 is 11.3 Å². The summed E-state index contributed by atoms with van der Waals surface area (Å²) in [4.78, 5) is 36.6. The predicted molar refractivity (Wildman–Crippen MR) is 148 cm³/mol. The molecule has 2 N–H and O–H groups in total. The fourth-order valence-electron chi connectivity index (χ4n) is 5.81. The Labute approximate surface area is 227 Å². The molecule has 6 rings (SSSR count). The number of aryl methyl sites for hydroxylation is 1. The van der Waals surface area contributed by atoms with Crippen molar-refractivity contribution in [3.05, 3.63) is 93.7 Å². The van der Waals surface area contributed by atoms with E-state index < -0.39 is 0 Å². The molecule has 2 aliphatic rings. The molecule has 9 heteroatoms. The molecule has 38 heavy (non-hydrogen) atoms. The van der Waals surface area contributed by atoms with Crippen LogP contribution in [0.1, 0.15) is 50.9 Å². The average molecular weight is 530 g/mol. The number of likely N-dealkylation sites (tertiary alicyclic amines) is 2. The molecule has 0 radical (unpaired) electrons. The number of aromatic amines is 2. The fraction of sp³-hybridized carbons (Fsp3) is 0.414. The van der Waals surface area contributed by atoms with Crippen molar-refractivity contribution >= 4 is 17.2 Å². The summed E-state index contributed by atoms with van der Waals surface area (Å²) in [6.07, 6.45) is 9.50. The van der Waals surface area contributed by atoms with Crippen molar-refractivity contribution in [3.8, 4) is 0 Å². The van der Waals surface area contributed by atoms with Gasteiger partial charge in [0.25, 0.3) is 5.91 Å². The summed E-state index contributed by atoms with van der Waals surface area (Å²) in [6.45, 7) is 9.83. The minimum atomic E-state index is -0.0310. The van der Waals surface area contributed by atoms with E-state index >= 15 is 0 Å². The number of thiophene rings is 1. The van der Waals surface area contributed by atoms with Crippen molar-refractivity contribution in [2.45, 2.75) is 45.9 Å². The molecule has 0 saturated carbocycles. The lowest BCUT2D eigenvalue weighted by atomic mass is 9.72. The zero-order valence-electron chi connectivity index (χ0n) is 21.9. The van der Waals surface area contributed by atoms with E-state index in [0.717, 1.165) is 37.8 Å². The summed E-state index contributed by atoms with van der Waals surface area (Å²) >= 11 is 1.89. The zero-order chi connectivity index (χ0) is 26.0. The molecule has 2 fully saturated rings. The number of rotatable bonds is 9. The van der Waals surface area contributed by atoms with Gasteiger partial charge in [-0.3, -0.25) is 14.6 Å². The summed E-state index contributed by atoms with van der Waals surface area (Å²) < 4.78 is 0. The summed E-state index contributed by atoms with van der Waals surface area (Å²) in [5.74, 6) is 1.47. The number of piperidine rings is 1. The highest BCUT2D eigenvalue weighted by molar-refractivity contribution is 7.10. The van der Waals surface area contributed by atoms with E-state index in [1.54, 1.807) is 29.7 Å². The van der Waals surface area contributed by atoms with Crippen LogP contribution in [-0.2, 0) is 26.2 Å². The van der Waals surface area contributed by atoms with Crippen LogP contribution in [0.15, 0.2) is 60.5 Å². The normalized spacial score (nSPS) is 17.5. The van der Waals surface area contributed by atoms with Gasteiger partial charge in [-0.2, -0.15) is 0 Å². The molecular formula is C29H35N7OS. The van der Waals surface area contributed by atoms with Gasteiger partial charge in [0.05, 0.1) is 13.1 Å². The third-order valence-corrected chi connectivity index (χ3v) is 9.06. The van der Waals surface area contributed by atoms with E-state index in [-0.39, 0.29) is 5.91 Å². The maximum Gasteiger partial charge on any atom is 0.254 e. The zero-order valence-corrected chi connectivity index (χ0v) is 22.7. The highest BCUT2D eigenvalue weighted by atomic mass is 32.1. The molecule has 1 spiro atoms. The van der Waals surface area contributed by atoms with Gasteiger partial charge in [0.2, 0.25) is 0 Å². The van der Waals surface area contributed by atoms with Crippen LogP contribution in [0.4, 0.5) is 0 Å². The van der Waals surface area contributed by atoms with E-state index in [1.165, 1.54) is 41.9 Å². The molecule has 198 valence electrons. The van der Waals surface area contributed by atoms with Gasteiger partial charge in [-0.05, 0) is 73.0 Å². The number of amides is 1. The number of hydrogen-bond donors (Lipinski definition) is 2. The second kappa shape index (κ2) is 10.8. The molecule has 3 aromatic heterocycles. The molecule has 2 aliphatic heterocycles. The van der Waals surface area contributed by atoms with Crippen LogP contribution < -0.4 is 0 Å². The number of nitrogens with zero attached hydrogens (tertiary/aromatic N) is 5. The molecule has 1 amide bonds. The predicted octanol–water partition coefficient (Wildman–Crippen LogP) is 4.44. The largest absolute Gasteiger partial charge is 0.347 e. The van der Waals surface area contributed by atoms with Crippen molar-refractivity contribution in [3.63, 3.8) is 0 Å². The second-order valence-corrected chi connectivity index (χ2v) is 11.9. The van der Waals surface area contributed by atoms with Crippen molar-refractivity contribution in [1.29, 1.82) is 0 Å². The van der Waals surface area contributed by atoms with Crippen molar-refractivity contribution < 1.29 is 4.79 Å². The van der Waals surface area contributed by atoms with Crippen LogP contribution in [0.5, 0.6) is 0 Å². The summed E-state index contributed by atoms with van der Waals surface area (Å²) in [5, 5.41) is 2.21. The molecule has 5 heterocycles. The maximum atomic E-state index is 13.4. The minimum absolute atomic E-state index is 0.0310. The summed E-state index contributed by atoms with van der Waals surface area (Å²) in [7, 11) is 0. The topological polar surface area (TPSA) is 84.2 Å². The number of carbonyl (C=O) groups excluding carboxylic acids is 1. The van der Waals surface area contributed by atoms with Gasteiger partial charge in [-0.1, -0.05) is 12.1 Å². The third kappa shape index (κ3) is 5.60. The van der Waals surface area contributed by atoms with Crippen molar-refractivity contribution in [2.75, 3.05) is 26.2 Å². The Balaban J connectivity index is 1.01. The Kier molecular flexibility index (Phi) is 7.14. The quantitative estimate of drug-likeness (QED) is 0.335. The van der Waals surface area contributed by atoms with Gasteiger partial charge in [-0.25, -0.2) is 9.97 Å². The summed E-state index contributed by atoms with van der Waals surface area (Å²) in [6, 6.07) is 10.3. The Morgan fingerprint density at radius 2 is 1.61 bits per heavy atom. The Morgan fingerprint density at radius 3 is 2.16 bits per heavy atom. The highest BCUT2D eigenvalue weighted by Crippen LogP contribution is 2.41. The summed E-state index contributed by atoms with van der Waals surface area (Å²) in [5.41, 5.74) is 3.88. The van der Waals surface area contributed by atoms with Crippen LogP contribution in [0, 0.1) is 12.3 Å². The molecular weight excluding hydrogens is 494 g/mol. The molecule has 0 bridgehead atoms. The number of aromatic nitrogens is 4. The van der Waals surface area contributed by atoms with Gasteiger partial charge in [0.1, 0.15) is 11.6 Å². The first-order chi connectivity index (χ1) is 18.6. The monoisotopic (exact) mass is 529 g/mol. The fourth-order valence-corrected chi connectivity index (χ4v) is 6.76. The van der Waals surface area contributed by atoms with E-state index in [1.807, 2.05) is 23.5 Å². The van der Waals surface area contributed by atoms with Crippen LogP contribution in [0.3, 0.4) is 0 Å². The average Bonchev–Trinajstić information content (AvgIpc) is 3.69. The van der Waals surface area contributed by atoms with E-state index in [2.05, 4.69) is 60.2 Å². The number of benzene rings is 1. The van der Waals surface area contributed by atoms with Gasteiger partial charge in [0, 0.05) is 61.4 Å². The number of hydrogen-bond acceptors (Lipinski definition) is 6. The minimum Gasteiger partial charge on any atom is -0.347 e. The molecule has 2 saturated heterocycles. The molecule has 0 atom stereocenters. The third-order valence-electron chi connectivity index (χ3n) is 8.06. The van der Waals surface area contributed by atoms with Crippen LogP contribution in [0.25, 0.3) is 0 Å². The van der Waals surface area contributed by atoms with Crippen molar-refractivity contribution in [1.82, 2.24) is 34.6 Å². The first-order valence-corrected chi connectivity index (χ1v) is 14.3. The molecule has 0 aliphatic carbocycles. The molecule has 4 aromatic rings. The molecule has 0 unspecified atom stereocenters. The van der Waals surface area contributed by atoms with Crippen LogP contribution in [-0.4, -0.2) is 66.7 Å². The molecule has 8 nitrogen and oxygen atoms in total. The second-order valence-electron chi connectivity index (χ2n) is 10.9. The van der Waals surface area contributed by atoms with Gasteiger partial charge in [-0.15, -0.1) is 11.3 Å². The Hall–Kier alpha value is -3.27. The Morgan fingerprint density at radius 1 is 0.947 bits per heavy atom. The van der Waals surface area contributed by atoms with Crippen LogP contribution in [0.2, 0.25) is 0 Å². The lowest BCUT2D eigenvalue weighted by molar-refractivity contribution is -0.0519. The standard InChI is InChI=1S/C29H35N7OS/c1-22-6-15-38-25(22)17-35-20-29(21-35)7-13-34(14-8-29)16-23-2-4-24(5-3-23)28(37)36(18-26-30-9-10-31-26)19-27-32-11-12-33-27/h2-6,9-12,15H,7-8,13-14,16-21H2,1H3,(H,30,31)(H,32,33). The number of H-pyrrole nitrogens is 2. The van der Waals surface area contributed by atoms with E-state index in [4.69, 9.17) is 0 Å². The SMILES string of the molecule is Cc1ccsc1CN1CC2(CCN(Cc3ccc(C(=O)N(Cc4ncc[nH]4)Cc4ncc[nH]4)cc3)CC2)C1. The lowest BCUT2D eigenvalue weighted by Gasteiger charge is -2.54. The number of imidazole rings is 2. The maximum absolute atomic E-state index is 13.4. The molecule has 1 aromatic carbocycles. The number of carbonyl (C=O) groups is 1. The number of nitrogens with one attached hydrogen (secondary N) is 2. The van der Waals surface area contributed by atoms with Gasteiger partial charge >= 0.3 is 0 Å². The lowest BCUT2D eigenvalue weighted by Crippen LogP contribution is -2.59.